The summed E-state index contributed by atoms with van der Waals surface area (Å²) >= 11 is 0. The highest BCUT2D eigenvalue weighted by Crippen LogP contribution is 2.31. The molecule has 1 N–H and O–H groups in total. The van der Waals surface area contributed by atoms with Gasteiger partial charge in [0, 0.05) is 44.8 Å². The molecule has 1 fully saturated rings. The Morgan fingerprint density at radius 1 is 1.07 bits per heavy atom. The summed E-state index contributed by atoms with van der Waals surface area (Å²) in [5.74, 6) is 0.428. The maximum absolute atomic E-state index is 13.2. The Balaban J connectivity index is 1.54. The third-order valence-corrected chi connectivity index (χ3v) is 7.57. The highest BCUT2D eigenvalue weighted by Gasteiger charge is 2.40. The Labute approximate surface area is 178 Å². The van der Waals surface area contributed by atoms with Crippen molar-refractivity contribution in [2.45, 2.75) is 29.8 Å². The number of nitrogens with zero attached hydrogens (tertiary/aromatic N) is 3. The van der Waals surface area contributed by atoms with Crippen LogP contribution in [0.3, 0.4) is 0 Å². The highest BCUT2D eigenvalue weighted by molar-refractivity contribution is 7.89. The van der Waals surface area contributed by atoms with E-state index in [4.69, 9.17) is 0 Å². The van der Waals surface area contributed by atoms with E-state index in [1.54, 1.807) is 22.1 Å². The predicted octanol–water partition coefficient (Wildman–Crippen LogP) is 2.97. The van der Waals surface area contributed by atoms with Crippen molar-refractivity contribution in [3.05, 3.63) is 84.3 Å². The molecule has 0 bridgehead atoms. The van der Waals surface area contributed by atoms with Crippen LogP contribution in [-0.2, 0) is 17.1 Å². The van der Waals surface area contributed by atoms with Gasteiger partial charge in [-0.25, -0.2) is 13.4 Å². The molecule has 7 heteroatoms. The van der Waals surface area contributed by atoms with Crippen molar-refractivity contribution in [1.29, 1.82) is 0 Å². The third kappa shape index (κ3) is 4.33. The van der Waals surface area contributed by atoms with Gasteiger partial charge in [0.25, 0.3) is 10.0 Å². The van der Waals surface area contributed by atoms with Gasteiger partial charge in [0.2, 0.25) is 0 Å². The Morgan fingerprint density at radius 3 is 2.37 bits per heavy atom. The summed E-state index contributed by atoms with van der Waals surface area (Å²) in [7, 11) is -1.85. The van der Waals surface area contributed by atoms with Crippen LogP contribution in [0.2, 0.25) is 0 Å². The van der Waals surface area contributed by atoms with Crippen molar-refractivity contribution in [2.24, 2.45) is 7.05 Å². The maximum atomic E-state index is 13.2. The van der Waals surface area contributed by atoms with Gasteiger partial charge < -0.3 is 9.88 Å². The minimum absolute atomic E-state index is 0.0389. The second kappa shape index (κ2) is 8.71. The number of imidazole rings is 1. The molecule has 1 unspecified atom stereocenters. The molecule has 0 amide bonds. The van der Waals surface area contributed by atoms with E-state index in [1.807, 2.05) is 24.3 Å². The molecule has 3 aromatic rings. The van der Waals surface area contributed by atoms with Crippen molar-refractivity contribution in [2.75, 3.05) is 19.6 Å². The summed E-state index contributed by atoms with van der Waals surface area (Å²) in [6.07, 6.45) is 3.08. The Bertz CT molecular complexity index is 1070. The number of hydrogen-bond donors (Lipinski definition) is 1. The molecule has 0 aliphatic carbocycles. The van der Waals surface area contributed by atoms with Crippen molar-refractivity contribution >= 4 is 10.0 Å². The molecule has 0 radical (unpaired) electrons. The van der Waals surface area contributed by atoms with Gasteiger partial charge in [0.15, 0.2) is 5.03 Å². The van der Waals surface area contributed by atoms with Gasteiger partial charge >= 0.3 is 0 Å². The summed E-state index contributed by atoms with van der Waals surface area (Å²) < 4.78 is 29.5. The minimum Gasteiger partial charge on any atom is -0.339 e. The SMILES string of the molecule is CC(CN[C@H]1CN(S(=O)(=O)c2cn(C)cn2)C[C@@H]1c1ccccc1)c1ccccc1. The minimum atomic E-state index is -3.62. The van der Waals surface area contributed by atoms with E-state index in [2.05, 4.69) is 53.6 Å². The lowest BCUT2D eigenvalue weighted by Gasteiger charge is -2.22. The van der Waals surface area contributed by atoms with Gasteiger partial charge in [-0.1, -0.05) is 67.6 Å². The summed E-state index contributed by atoms with van der Waals surface area (Å²) in [6.45, 7) is 3.85. The number of rotatable bonds is 7. The molecule has 6 nitrogen and oxygen atoms in total. The van der Waals surface area contributed by atoms with Crippen LogP contribution in [-0.4, -0.2) is 48.0 Å². The normalized spacial score (nSPS) is 21.0. The quantitative estimate of drug-likeness (QED) is 0.633. The monoisotopic (exact) mass is 424 g/mol. The Morgan fingerprint density at radius 2 is 1.73 bits per heavy atom. The van der Waals surface area contributed by atoms with Crippen LogP contribution < -0.4 is 5.32 Å². The van der Waals surface area contributed by atoms with E-state index in [1.165, 1.54) is 11.9 Å². The summed E-state index contributed by atoms with van der Waals surface area (Å²) in [6, 6.07) is 20.6. The summed E-state index contributed by atoms with van der Waals surface area (Å²) in [4.78, 5) is 4.08. The molecule has 2 aromatic carbocycles. The van der Waals surface area contributed by atoms with E-state index in [-0.39, 0.29) is 17.0 Å². The second-order valence-corrected chi connectivity index (χ2v) is 9.93. The molecular formula is C23H28N4O2S. The first-order valence-electron chi connectivity index (χ1n) is 10.3. The maximum Gasteiger partial charge on any atom is 0.262 e. The van der Waals surface area contributed by atoms with Crippen molar-refractivity contribution in [3.8, 4) is 0 Å². The zero-order chi connectivity index (χ0) is 21.1. The molecule has 0 spiro atoms. The van der Waals surface area contributed by atoms with Crippen LogP contribution in [0.25, 0.3) is 0 Å². The number of sulfonamides is 1. The molecule has 1 aliphatic rings. The van der Waals surface area contributed by atoms with Crippen LogP contribution in [0, 0.1) is 0 Å². The number of aromatic nitrogens is 2. The first kappa shape index (κ1) is 20.8. The summed E-state index contributed by atoms with van der Waals surface area (Å²) in [5.41, 5.74) is 2.43. The van der Waals surface area contributed by atoms with Crippen molar-refractivity contribution in [3.63, 3.8) is 0 Å². The Kier molecular flexibility index (Phi) is 6.04. The van der Waals surface area contributed by atoms with Gasteiger partial charge in [-0.15, -0.1) is 0 Å². The standard InChI is InChI=1S/C23H28N4O2S/c1-18(19-9-5-3-6-10-19)13-24-22-15-27(14-21(22)20-11-7-4-8-12-20)30(28,29)23-16-26(2)17-25-23/h3-12,16-18,21-22,24H,13-15H2,1-2H3/t18?,21-,22+/m1/s1. The van der Waals surface area contributed by atoms with Crippen LogP contribution in [0.4, 0.5) is 0 Å². The van der Waals surface area contributed by atoms with Crippen molar-refractivity contribution in [1.82, 2.24) is 19.2 Å². The molecule has 30 heavy (non-hydrogen) atoms. The lowest BCUT2D eigenvalue weighted by Crippen LogP contribution is -2.38. The van der Waals surface area contributed by atoms with Gasteiger partial charge in [0.05, 0.1) is 6.33 Å². The topological polar surface area (TPSA) is 67.2 Å². The molecule has 1 aliphatic heterocycles. The van der Waals surface area contributed by atoms with E-state index < -0.39 is 10.0 Å². The molecule has 0 saturated carbocycles. The molecule has 3 atom stereocenters. The van der Waals surface area contributed by atoms with Crippen LogP contribution in [0.5, 0.6) is 0 Å². The first-order chi connectivity index (χ1) is 14.4. The fourth-order valence-corrected chi connectivity index (χ4v) is 5.55. The molecule has 1 aromatic heterocycles. The lowest BCUT2D eigenvalue weighted by atomic mass is 9.93. The van der Waals surface area contributed by atoms with Gasteiger partial charge in [0.1, 0.15) is 0 Å². The number of aryl methyl sites for hydroxylation is 1. The second-order valence-electron chi connectivity index (χ2n) is 8.04. The molecule has 4 rings (SSSR count). The fraction of sp³-hybridized carbons (Fsp3) is 0.348. The fourth-order valence-electron chi connectivity index (χ4n) is 4.09. The van der Waals surface area contributed by atoms with E-state index in [0.717, 1.165) is 12.1 Å². The van der Waals surface area contributed by atoms with E-state index in [9.17, 15) is 8.42 Å². The predicted molar refractivity (Wildman–Crippen MR) is 118 cm³/mol. The smallest absolute Gasteiger partial charge is 0.262 e. The average Bonchev–Trinajstić information content (AvgIpc) is 3.40. The van der Waals surface area contributed by atoms with Gasteiger partial charge in [-0.05, 0) is 17.0 Å². The van der Waals surface area contributed by atoms with E-state index in [0.29, 0.717) is 19.0 Å². The van der Waals surface area contributed by atoms with Gasteiger partial charge in [-0.2, -0.15) is 4.31 Å². The van der Waals surface area contributed by atoms with Crippen molar-refractivity contribution < 1.29 is 8.42 Å². The number of hydrogen-bond acceptors (Lipinski definition) is 4. The van der Waals surface area contributed by atoms with Gasteiger partial charge in [-0.3, -0.25) is 0 Å². The van der Waals surface area contributed by atoms with E-state index >= 15 is 0 Å². The highest BCUT2D eigenvalue weighted by atomic mass is 32.2. The lowest BCUT2D eigenvalue weighted by molar-refractivity contribution is 0.448. The largest absolute Gasteiger partial charge is 0.339 e. The number of nitrogens with one attached hydrogen (secondary N) is 1. The molecule has 158 valence electrons. The molecule has 2 heterocycles. The molecular weight excluding hydrogens is 396 g/mol. The third-order valence-electron chi connectivity index (χ3n) is 5.85. The van der Waals surface area contributed by atoms with Crippen LogP contribution >= 0.6 is 0 Å². The number of benzene rings is 2. The first-order valence-corrected chi connectivity index (χ1v) is 11.7. The summed E-state index contributed by atoms with van der Waals surface area (Å²) in [5, 5.41) is 3.76. The zero-order valence-corrected chi connectivity index (χ0v) is 18.2. The van der Waals surface area contributed by atoms with Crippen LogP contribution in [0.15, 0.2) is 78.2 Å². The Hall–Kier alpha value is -2.48. The van der Waals surface area contributed by atoms with Crippen LogP contribution in [0.1, 0.15) is 29.9 Å². The molecule has 1 saturated heterocycles. The zero-order valence-electron chi connectivity index (χ0n) is 17.3. The average molecular weight is 425 g/mol.